The first-order valence-corrected chi connectivity index (χ1v) is 7.55. The summed E-state index contributed by atoms with van der Waals surface area (Å²) in [6, 6.07) is 14.9. The van der Waals surface area contributed by atoms with Crippen LogP contribution in [0.1, 0.15) is 12.0 Å². The molecular formula is C18H17FN2O2. The number of nitrogens with zero attached hydrogens (tertiary/aromatic N) is 1. The number of imide groups is 1. The van der Waals surface area contributed by atoms with Gasteiger partial charge < -0.3 is 5.32 Å². The normalized spacial score (nSPS) is 17.8. The Morgan fingerprint density at radius 1 is 1.04 bits per heavy atom. The monoisotopic (exact) mass is 312 g/mol. The third-order valence-corrected chi connectivity index (χ3v) is 3.90. The summed E-state index contributed by atoms with van der Waals surface area (Å²) in [5.74, 6) is -0.728. The number of halogens is 1. The second-order valence-electron chi connectivity index (χ2n) is 5.46. The highest BCUT2D eigenvalue weighted by Gasteiger charge is 2.38. The Bertz CT molecular complexity index is 718. The van der Waals surface area contributed by atoms with Gasteiger partial charge in [0.15, 0.2) is 0 Å². The van der Waals surface area contributed by atoms with Crippen molar-refractivity contribution in [2.24, 2.45) is 0 Å². The number of para-hydroxylation sites is 1. The SMILES string of the molecule is O=C1C[C@@H](NCCc2ccccc2F)C(=O)N1c1ccccc1. The smallest absolute Gasteiger partial charge is 0.251 e. The van der Waals surface area contributed by atoms with Gasteiger partial charge in [0.25, 0.3) is 5.91 Å². The van der Waals surface area contributed by atoms with E-state index in [9.17, 15) is 14.0 Å². The van der Waals surface area contributed by atoms with Crippen LogP contribution in [0.5, 0.6) is 0 Å². The Morgan fingerprint density at radius 2 is 1.74 bits per heavy atom. The van der Waals surface area contributed by atoms with Crippen LogP contribution in [0.4, 0.5) is 10.1 Å². The first kappa shape index (κ1) is 15.4. The summed E-state index contributed by atoms with van der Waals surface area (Å²) in [5.41, 5.74) is 1.18. The van der Waals surface area contributed by atoms with Gasteiger partial charge in [0.2, 0.25) is 5.91 Å². The van der Waals surface area contributed by atoms with Crippen molar-refractivity contribution in [2.45, 2.75) is 18.9 Å². The van der Waals surface area contributed by atoms with Gasteiger partial charge in [0, 0.05) is 6.54 Å². The number of nitrogens with one attached hydrogen (secondary N) is 1. The summed E-state index contributed by atoms with van der Waals surface area (Å²) >= 11 is 0. The average molecular weight is 312 g/mol. The molecule has 2 aromatic rings. The lowest BCUT2D eigenvalue weighted by molar-refractivity contribution is -0.121. The van der Waals surface area contributed by atoms with Gasteiger partial charge in [-0.25, -0.2) is 9.29 Å². The molecule has 4 nitrogen and oxygen atoms in total. The molecule has 1 saturated heterocycles. The Kier molecular flexibility index (Phi) is 4.48. The third-order valence-electron chi connectivity index (χ3n) is 3.90. The van der Waals surface area contributed by atoms with Crippen molar-refractivity contribution < 1.29 is 14.0 Å². The predicted molar refractivity (Wildman–Crippen MR) is 85.4 cm³/mol. The van der Waals surface area contributed by atoms with Gasteiger partial charge in [-0.2, -0.15) is 0 Å². The first-order chi connectivity index (χ1) is 11.2. The molecule has 0 bridgehead atoms. The van der Waals surface area contributed by atoms with E-state index in [-0.39, 0.29) is 24.1 Å². The topological polar surface area (TPSA) is 49.4 Å². The predicted octanol–water partition coefficient (Wildman–Crippen LogP) is 2.29. The molecule has 2 aromatic carbocycles. The summed E-state index contributed by atoms with van der Waals surface area (Å²) in [5, 5.41) is 3.06. The van der Waals surface area contributed by atoms with Gasteiger partial charge >= 0.3 is 0 Å². The fraction of sp³-hybridized carbons (Fsp3) is 0.222. The van der Waals surface area contributed by atoms with Crippen LogP contribution >= 0.6 is 0 Å². The maximum atomic E-state index is 13.6. The Morgan fingerprint density at radius 3 is 2.48 bits per heavy atom. The molecule has 118 valence electrons. The minimum absolute atomic E-state index is 0.130. The van der Waals surface area contributed by atoms with Gasteiger partial charge in [-0.15, -0.1) is 0 Å². The molecule has 0 saturated carbocycles. The molecular weight excluding hydrogens is 295 g/mol. The first-order valence-electron chi connectivity index (χ1n) is 7.55. The standard InChI is InChI=1S/C18H17FN2O2/c19-15-9-5-4-6-13(15)10-11-20-16-12-17(22)21(18(16)23)14-7-2-1-3-8-14/h1-9,16,20H,10-12H2/t16-/m1/s1. The van der Waals surface area contributed by atoms with Crippen LogP contribution in [0.3, 0.4) is 0 Å². The van der Waals surface area contributed by atoms with Crippen molar-refractivity contribution in [2.75, 3.05) is 11.4 Å². The number of anilines is 1. The zero-order valence-electron chi connectivity index (χ0n) is 12.5. The van der Waals surface area contributed by atoms with Gasteiger partial charge in [-0.3, -0.25) is 9.59 Å². The molecule has 1 aliphatic rings. The number of hydrogen-bond acceptors (Lipinski definition) is 3. The molecule has 0 unspecified atom stereocenters. The lowest BCUT2D eigenvalue weighted by atomic mass is 10.1. The van der Waals surface area contributed by atoms with E-state index < -0.39 is 6.04 Å². The number of amides is 2. The van der Waals surface area contributed by atoms with Crippen molar-refractivity contribution in [3.63, 3.8) is 0 Å². The molecule has 23 heavy (non-hydrogen) atoms. The molecule has 0 aliphatic carbocycles. The fourth-order valence-electron chi connectivity index (χ4n) is 2.72. The van der Waals surface area contributed by atoms with Gasteiger partial charge in [-0.1, -0.05) is 36.4 Å². The highest BCUT2D eigenvalue weighted by atomic mass is 19.1. The van der Waals surface area contributed by atoms with Crippen LogP contribution < -0.4 is 10.2 Å². The number of benzene rings is 2. The number of hydrogen-bond donors (Lipinski definition) is 1. The van der Waals surface area contributed by atoms with Crippen LogP contribution in [0.2, 0.25) is 0 Å². The van der Waals surface area contributed by atoms with E-state index in [1.54, 1.807) is 42.5 Å². The maximum absolute atomic E-state index is 13.6. The van der Waals surface area contributed by atoms with Crippen molar-refractivity contribution in [1.82, 2.24) is 5.32 Å². The number of carbonyl (C=O) groups excluding carboxylic acids is 2. The van der Waals surface area contributed by atoms with E-state index >= 15 is 0 Å². The van der Waals surface area contributed by atoms with E-state index in [1.807, 2.05) is 6.07 Å². The van der Waals surface area contributed by atoms with Crippen LogP contribution in [0.15, 0.2) is 54.6 Å². The van der Waals surface area contributed by atoms with E-state index in [0.29, 0.717) is 24.2 Å². The van der Waals surface area contributed by atoms with Gasteiger partial charge in [-0.05, 0) is 30.2 Å². The summed E-state index contributed by atoms with van der Waals surface area (Å²) in [4.78, 5) is 25.7. The van der Waals surface area contributed by atoms with Crippen molar-refractivity contribution in [3.8, 4) is 0 Å². The molecule has 1 fully saturated rings. The molecule has 5 heteroatoms. The van der Waals surface area contributed by atoms with E-state index in [1.165, 1.54) is 11.0 Å². The molecule has 1 aliphatic heterocycles. The van der Waals surface area contributed by atoms with E-state index in [4.69, 9.17) is 0 Å². The largest absolute Gasteiger partial charge is 0.305 e. The maximum Gasteiger partial charge on any atom is 0.251 e. The average Bonchev–Trinajstić information content (AvgIpc) is 2.84. The van der Waals surface area contributed by atoms with E-state index in [0.717, 1.165) is 0 Å². The van der Waals surface area contributed by atoms with Crippen LogP contribution in [-0.2, 0) is 16.0 Å². The quantitative estimate of drug-likeness (QED) is 0.862. The zero-order chi connectivity index (χ0) is 16.2. The van der Waals surface area contributed by atoms with Crippen molar-refractivity contribution in [1.29, 1.82) is 0 Å². The minimum atomic E-state index is -0.547. The van der Waals surface area contributed by atoms with Crippen LogP contribution in [0.25, 0.3) is 0 Å². The van der Waals surface area contributed by atoms with Gasteiger partial charge in [0.1, 0.15) is 5.82 Å². The fourth-order valence-corrected chi connectivity index (χ4v) is 2.72. The molecule has 2 amide bonds. The Hall–Kier alpha value is -2.53. The Labute approximate surface area is 133 Å². The number of rotatable bonds is 5. The number of carbonyl (C=O) groups is 2. The summed E-state index contributed by atoms with van der Waals surface area (Å²) in [6.45, 7) is 0.438. The molecule has 1 heterocycles. The molecule has 1 N–H and O–H groups in total. The second-order valence-corrected chi connectivity index (χ2v) is 5.46. The van der Waals surface area contributed by atoms with Crippen LogP contribution in [-0.4, -0.2) is 24.4 Å². The molecule has 0 spiro atoms. The highest BCUT2D eigenvalue weighted by Crippen LogP contribution is 2.22. The Balaban J connectivity index is 1.61. The lowest BCUT2D eigenvalue weighted by Gasteiger charge is -2.15. The third kappa shape index (κ3) is 3.29. The summed E-state index contributed by atoms with van der Waals surface area (Å²) in [7, 11) is 0. The molecule has 0 radical (unpaired) electrons. The zero-order valence-corrected chi connectivity index (χ0v) is 12.5. The summed E-state index contributed by atoms with van der Waals surface area (Å²) < 4.78 is 13.6. The summed E-state index contributed by atoms with van der Waals surface area (Å²) in [6.07, 6.45) is 0.598. The van der Waals surface area contributed by atoms with E-state index in [2.05, 4.69) is 5.32 Å². The lowest BCUT2D eigenvalue weighted by Crippen LogP contribution is -2.39. The molecule has 1 atom stereocenters. The highest BCUT2D eigenvalue weighted by molar-refractivity contribution is 6.22. The van der Waals surface area contributed by atoms with Crippen molar-refractivity contribution >= 4 is 17.5 Å². The van der Waals surface area contributed by atoms with Gasteiger partial charge in [0.05, 0.1) is 18.2 Å². The molecule has 3 rings (SSSR count). The van der Waals surface area contributed by atoms with Crippen LogP contribution in [0, 0.1) is 5.82 Å². The molecule has 0 aromatic heterocycles. The second kappa shape index (κ2) is 6.71. The van der Waals surface area contributed by atoms with Crippen molar-refractivity contribution in [3.05, 3.63) is 66.0 Å². The minimum Gasteiger partial charge on any atom is -0.305 e.